The van der Waals surface area contributed by atoms with Gasteiger partial charge in [0.05, 0.1) is 25.3 Å². The van der Waals surface area contributed by atoms with Crippen LogP contribution in [0.1, 0.15) is 41.6 Å². The standard InChI is InChI=1S/C33H38N2O6/c1-6-40-27-16-13-24(20-28(27)39-5)30-29(32(37)33(38)35(30)18-10-17-34(3)4)31(36)25-14-15-26(22(2)19-25)41-21-23-11-8-7-9-12-23/h7-9,11-16,19-20,30,36H,6,10,17-18,21H2,1-5H3/b31-29+/t30-/m0/s1. The van der Waals surface area contributed by atoms with E-state index in [2.05, 4.69) is 0 Å². The molecule has 0 aliphatic carbocycles. The number of hydrogen-bond acceptors (Lipinski definition) is 7. The molecule has 1 aliphatic heterocycles. The van der Waals surface area contributed by atoms with E-state index in [1.807, 2.05) is 69.2 Å². The Balaban J connectivity index is 1.72. The van der Waals surface area contributed by atoms with Crippen molar-refractivity contribution in [2.75, 3.05) is 40.9 Å². The van der Waals surface area contributed by atoms with E-state index in [4.69, 9.17) is 14.2 Å². The van der Waals surface area contributed by atoms with Crippen molar-refractivity contribution in [1.82, 2.24) is 9.80 Å². The van der Waals surface area contributed by atoms with Crippen molar-refractivity contribution in [3.63, 3.8) is 0 Å². The van der Waals surface area contributed by atoms with Gasteiger partial charge in [-0.1, -0.05) is 36.4 Å². The Kier molecular flexibility index (Phi) is 9.68. The van der Waals surface area contributed by atoms with Crippen LogP contribution in [0.3, 0.4) is 0 Å². The third-order valence-corrected chi connectivity index (χ3v) is 7.03. The van der Waals surface area contributed by atoms with E-state index < -0.39 is 17.7 Å². The van der Waals surface area contributed by atoms with E-state index in [0.29, 0.717) is 54.6 Å². The first kappa shape index (κ1) is 29.7. The number of nitrogens with zero attached hydrogens (tertiary/aromatic N) is 2. The number of aliphatic hydroxyl groups is 1. The summed E-state index contributed by atoms with van der Waals surface area (Å²) in [6.45, 7) is 5.73. The Hall–Kier alpha value is -4.30. The van der Waals surface area contributed by atoms with Crippen LogP contribution in [0.2, 0.25) is 0 Å². The normalized spacial score (nSPS) is 16.3. The summed E-state index contributed by atoms with van der Waals surface area (Å²) in [5, 5.41) is 11.5. The van der Waals surface area contributed by atoms with Crippen LogP contribution in [0.25, 0.3) is 5.76 Å². The van der Waals surface area contributed by atoms with Gasteiger partial charge in [-0.05, 0) is 87.9 Å². The Labute approximate surface area is 241 Å². The van der Waals surface area contributed by atoms with Gasteiger partial charge in [0, 0.05) is 12.1 Å². The Morgan fingerprint density at radius 1 is 0.951 bits per heavy atom. The molecule has 3 aromatic carbocycles. The highest BCUT2D eigenvalue weighted by Gasteiger charge is 2.46. The van der Waals surface area contributed by atoms with Gasteiger partial charge >= 0.3 is 0 Å². The maximum Gasteiger partial charge on any atom is 0.295 e. The van der Waals surface area contributed by atoms with E-state index in [0.717, 1.165) is 17.7 Å². The zero-order valence-corrected chi connectivity index (χ0v) is 24.3. The molecule has 0 radical (unpaired) electrons. The Bertz CT molecular complexity index is 1420. The van der Waals surface area contributed by atoms with Gasteiger partial charge < -0.3 is 29.1 Å². The Morgan fingerprint density at radius 2 is 1.68 bits per heavy atom. The van der Waals surface area contributed by atoms with E-state index in [-0.39, 0.29) is 11.3 Å². The molecule has 1 saturated heterocycles. The maximum atomic E-state index is 13.4. The zero-order chi connectivity index (χ0) is 29.5. The number of aryl methyl sites for hydroxylation is 1. The Morgan fingerprint density at radius 3 is 2.34 bits per heavy atom. The van der Waals surface area contributed by atoms with Crippen LogP contribution in [0.4, 0.5) is 0 Å². The average molecular weight is 559 g/mol. The monoisotopic (exact) mass is 558 g/mol. The summed E-state index contributed by atoms with van der Waals surface area (Å²) in [6.07, 6.45) is 0.664. The molecule has 1 N–H and O–H groups in total. The number of likely N-dealkylation sites (tertiary alicyclic amines) is 1. The first-order valence-corrected chi connectivity index (χ1v) is 13.8. The molecular formula is C33H38N2O6. The number of aliphatic hydroxyl groups excluding tert-OH is 1. The van der Waals surface area contributed by atoms with Gasteiger partial charge in [-0.2, -0.15) is 0 Å². The number of hydrogen-bond donors (Lipinski definition) is 1. The van der Waals surface area contributed by atoms with Crippen molar-refractivity contribution >= 4 is 17.4 Å². The number of Topliss-reactive ketones (excluding diaryl/α,β-unsaturated/α-hetero) is 1. The topological polar surface area (TPSA) is 88.5 Å². The smallest absolute Gasteiger partial charge is 0.295 e. The molecule has 0 aromatic heterocycles. The maximum absolute atomic E-state index is 13.4. The molecule has 1 atom stereocenters. The molecule has 0 spiro atoms. The molecule has 0 saturated carbocycles. The average Bonchev–Trinajstić information content (AvgIpc) is 3.22. The van der Waals surface area contributed by atoms with Crippen LogP contribution in [-0.2, 0) is 16.2 Å². The van der Waals surface area contributed by atoms with Crippen LogP contribution in [0, 0.1) is 6.92 Å². The van der Waals surface area contributed by atoms with Crippen LogP contribution in [0.5, 0.6) is 17.2 Å². The number of ketones is 1. The van der Waals surface area contributed by atoms with Crippen molar-refractivity contribution in [1.29, 1.82) is 0 Å². The lowest BCUT2D eigenvalue weighted by molar-refractivity contribution is -0.139. The second-order valence-electron chi connectivity index (χ2n) is 10.2. The fraction of sp³-hybridized carbons (Fsp3) is 0.333. The van der Waals surface area contributed by atoms with Gasteiger partial charge in [-0.15, -0.1) is 0 Å². The van der Waals surface area contributed by atoms with Crippen molar-refractivity contribution < 1.29 is 28.9 Å². The lowest BCUT2D eigenvalue weighted by Crippen LogP contribution is -2.32. The molecule has 8 nitrogen and oxygen atoms in total. The van der Waals surface area contributed by atoms with Crippen LogP contribution >= 0.6 is 0 Å². The number of benzene rings is 3. The van der Waals surface area contributed by atoms with E-state index in [1.54, 1.807) is 37.4 Å². The summed E-state index contributed by atoms with van der Waals surface area (Å²) in [5.74, 6) is 0.135. The minimum Gasteiger partial charge on any atom is -0.507 e. The summed E-state index contributed by atoms with van der Waals surface area (Å²) in [5.41, 5.74) is 2.96. The largest absolute Gasteiger partial charge is 0.507 e. The van der Waals surface area contributed by atoms with Gasteiger partial charge in [0.2, 0.25) is 0 Å². The number of carbonyl (C=O) groups is 2. The van der Waals surface area contributed by atoms with Crippen LogP contribution in [-0.4, -0.2) is 67.5 Å². The molecule has 0 bridgehead atoms. The second kappa shape index (κ2) is 13.4. The van der Waals surface area contributed by atoms with Gasteiger partial charge in [0.25, 0.3) is 11.7 Å². The predicted octanol–water partition coefficient (Wildman–Crippen LogP) is 5.35. The first-order valence-electron chi connectivity index (χ1n) is 13.8. The van der Waals surface area contributed by atoms with Crippen LogP contribution in [0.15, 0.2) is 72.3 Å². The first-order chi connectivity index (χ1) is 19.7. The van der Waals surface area contributed by atoms with Crippen molar-refractivity contribution in [3.05, 3.63) is 94.6 Å². The molecule has 8 heteroatoms. The van der Waals surface area contributed by atoms with Crippen LogP contribution < -0.4 is 14.2 Å². The molecule has 216 valence electrons. The number of carbonyl (C=O) groups excluding carboxylic acids is 2. The third-order valence-electron chi connectivity index (χ3n) is 7.03. The van der Waals surface area contributed by atoms with E-state index in [9.17, 15) is 14.7 Å². The lowest BCUT2D eigenvalue weighted by atomic mass is 9.94. The molecule has 0 unspecified atom stereocenters. The zero-order valence-electron chi connectivity index (χ0n) is 24.3. The highest BCUT2D eigenvalue weighted by Crippen LogP contribution is 2.42. The predicted molar refractivity (Wildman–Crippen MR) is 158 cm³/mol. The SMILES string of the molecule is CCOc1ccc([C@H]2/C(=C(\O)c3ccc(OCc4ccccc4)c(C)c3)C(=O)C(=O)N2CCCN(C)C)cc1OC. The number of ether oxygens (including phenoxy) is 3. The summed E-state index contributed by atoms with van der Waals surface area (Å²) >= 11 is 0. The summed E-state index contributed by atoms with van der Waals surface area (Å²) < 4.78 is 17.2. The molecule has 4 rings (SSSR count). The molecular weight excluding hydrogens is 520 g/mol. The number of methoxy groups -OCH3 is 1. The summed E-state index contributed by atoms with van der Waals surface area (Å²) in [4.78, 5) is 30.3. The highest BCUT2D eigenvalue weighted by molar-refractivity contribution is 6.46. The van der Waals surface area contributed by atoms with E-state index in [1.165, 1.54) is 4.90 Å². The minimum absolute atomic E-state index is 0.0448. The molecule has 1 fully saturated rings. The highest BCUT2D eigenvalue weighted by atomic mass is 16.5. The summed E-state index contributed by atoms with van der Waals surface area (Å²) in [6, 6.07) is 19.6. The molecule has 1 aliphatic rings. The quantitative estimate of drug-likeness (QED) is 0.182. The fourth-order valence-corrected chi connectivity index (χ4v) is 4.99. The van der Waals surface area contributed by atoms with Gasteiger partial charge in [0.1, 0.15) is 18.1 Å². The minimum atomic E-state index is -0.781. The van der Waals surface area contributed by atoms with Crippen molar-refractivity contribution in [2.45, 2.75) is 32.9 Å². The lowest BCUT2D eigenvalue weighted by Gasteiger charge is -2.26. The number of rotatable bonds is 12. The van der Waals surface area contributed by atoms with Gasteiger partial charge in [-0.25, -0.2) is 0 Å². The van der Waals surface area contributed by atoms with Crippen molar-refractivity contribution in [2.24, 2.45) is 0 Å². The molecule has 1 amide bonds. The third kappa shape index (κ3) is 6.72. The van der Waals surface area contributed by atoms with Crippen molar-refractivity contribution in [3.8, 4) is 17.2 Å². The molecule has 41 heavy (non-hydrogen) atoms. The molecule has 3 aromatic rings. The molecule has 1 heterocycles. The fourth-order valence-electron chi connectivity index (χ4n) is 4.99. The van der Waals surface area contributed by atoms with Gasteiger partial charge in [0.15, 0.2) is 11.5 Å². The van der Waals surface area contributed by atoms with Gasteiger partial charge in [-0.3, -0.25) is 9.59 Å². The second-order valence-corrected chi connectivity index (χ2v) is 10.2. The van der Waals surface area contributed by atoms with E-state index >= 15 is 0 Å². The number of amides is 1. The summed E-state index contributed by atoms with van der Waals surface area (Å²) in [7, 11) is 5.46.